The molecule has 0 saturated heterocycles. The molecule has 126 valence electrons. The fraction of sp³-hybridized carbons (Fsp3) is 0.786. The highest BCUT2D eigenvalue weighted by atomic mass is 16.2. The molecule has 0 aromatic carbocycles. The van der Waals surface area contributed by atoms with Crippen molar-refractivity contribution in [1.82, 2.24) is 45.7 Å². The van der Waals surface area contributed by atoms with Gasteiger partial charge < -0.3 is 5.32 Å². The molecule has 1 N–H and O–H groups in total. The molecule has 0 radical (unpaired) electrons. The molecule has 1 amide bonds. The molecule has 2 atom stereocenters. The zero-order chi connectivity index (χ0) is 16.2. The molecule has 4 aliphatic rings. The molecule has 10 heteroatoms. The van der Waals surface area contributed by atoms with E-state index in [1.54, 1.807) is 4.80 Å². The van der Waals surface area contributed by atoms with Crippen molar-refractivity contribution in [1.29, 1.82) is 0 Å². The number of rotatable bonds is 4. The Hall–Kier alpha value is -2.39. The minimum atomic E-state index is -0.164. The second-order valence-corrected chi connectivity index (χ2v) is 7.75. The SMILES string of the molecule is O=C(Cn1cnnn1)NC12CC3CC(C1)CC(n1ncnn1)(C3)C2. The lowest BCUT2D eigenvalue weighted by Crippen LogP contribution is -2.66. The average molecular weight is 329 g/mol. The van der Waals surface area contributed by atoms with Crippen molar-refractivity contribution in [2.24, 2.45) is 11.8 Å². The molecule has 0 spiro atoms. The van der Waals surface area contributed by atoms with Crippen LogP contribution in [-0.2, 0) is 16.9 Å². The third-order valence-electron chi connectivity index (χ3n) is 5.91. The minimum Gasteiger partial charge on any atom is -0.349 e. The molecule has 4 bridgehead atoms. The first-order chi connectivity index (χ1) is 11.6. The lowest BCUT2D eigenvalue weighted by Gasteiger charge is -2.61. The Kier molecular flexibility index (Phi) is 2.80. The predicted octanol–water partition coefficient (Wildman–Crippen LogP) is -0.476. The number of carbonyl (C=O) groups excluding carboxylic acids is 1. The number of nitrogens with one attached hydrogen (secondary N) is 1. The standard InChI is InChI=1S/C14H19N9O/c24-12(6-22-9-16-19-21-22)18-13-2-10-1-11(3-13)5-14(4-10,7-13)23-17-8-15-20-23/h8-11H,1-7H2,(H,18,24). The van der Waals surface area contributed by atoms with Crippen molar-refractivity contribution in [3.63, 3.8) is 0 Å². The van der Waals surface area contributed by atoms with E-state index in [1.165, 1.54) is 23.8 Å². The Bertz CT molecular complexity index is 726. The van der Waals surface area contributed by atoms with Crippen molar-refractivity contribution < 1.29 is 4.79 Å². The van der Waals surface area contributed by atoms with Gasteiger partial charge in [-0.2, -0.15) is 4.80 Å². The Morgan fingerprint density at radius 2 is 2.00 bits per heavy atom. The summed E-state index contributed by atoms with van der Waals surface area (Å²) in [6.07, 6.45) is 9.35. The van der Waals surface area contributed by atoms with Crippen molar-refractivity contribution >= 4 is 5.91 Å². The lowest BCUT2D eigenvalue weighted by molar-refractivity contribution is -0.132. The van der Waals surface area contributed by atoms with Gasteiger partial charge in [-0.3, -0.25) is 4.79 Å². The molecule has 4 saturated carbocycles. The van der Waals surface area contributed by atoms with Gasteiger partial charge in [-0.25, -0.2) is 4.68 Å². The minimum absolute atomic E-state index is 0.0362. The van der Waals surface area contributed by atoms with E-state index in [9.17, 15) is 4.79 Å². The predicted molar refractivity (Wildman–Crippen MR) is 79.2 cm³/mol. The van der Waals surface area contributed by atoms with Gasteiger partial charge in [-0.1, -0.05) is 0 Å². The first-order valence-electron chi connectivity index (χ1n) is 8.40. The summed E-state index contributed by atoms with van der Waals surface area (Å²) in [7, 11) is 0. The quantitative estimate of drug-likeness (QED) is 0.805. The summed E-state index contributed by atoms with van der Waals surface area (Å²) in [5.74, 6) is 1.20. The molecule has 2 unspecified atom stereocenters. The van der Waals surface area contributed by atoms with Gasteiger partial charge in [0.25, 0.3) is 0 Å². The molecule has 2 heterocycles. The molecule has 2 aromatic heterocycles. The van der Waals surface area contributed by atoms with E-state index in [0.717, 1.165) is 32.1 Å². The monoisotopic (exact) mass is 329 g/mol. The number of hydrogen-bond acceptors (Lipinski definition) is 7. The normalized spacial score (nSPS) is 36.8. The summed E-state index contributed by atoms with van der Waals surface area (Å²) in [6.45, 7) is 0.151. The number of amides is 1. The van der Waals surface area contributed by atoms with Crippen LogP contribution in [-0.4, -0.2) is 51.9 Å². The van der Waals surface area contributed by atoms with Gasteiger partial charge in [-0.15, -0.1) is 15.3 Å². The third kappa shape index (κ3) is 2.12. The van der Waals surface area contributed by atoms with Gasteiger partial charge in [0.2, 0.25) is 5.91 Å². The molecule has 24 heavy (non-hydrogen) atoms. The van der Waals surface area contributed by atoms with E-state index < -0.39 is 0 Å². The van der Waals surface area contributed by atoms with Gasteiger partial charge >= 0.3 is 0 Å². The second kappa shape index (κ2) is 4.81. The summed E-state index contributed by atoms with van der Waals surface area (Å²) >= 11 is 0. The van der Waals surface area contributed by atoms with Crippen LogP contribution < -0.4 is 5.32 Å². The van der Waals surface area contributed by atoms with Gasteiger partial charge in [0, 0.05) is 5.54 Å². The van der Waals surface area contributed by atoms with Crippen LogP contribution in [0.4, 0.5) is 0 Å². The maximum Gasteiger partial charge on any atom is 0.242 e. The average Bonchev–Trinajstić information content (AvgIpc) is 3.18. The highest BCUT2D eigenvalue weighted by Crippen LogP contribution is 2.60. The molecule has 4 aliphatic carbocycles. The second-order valence-electron chi connectivity index (χ2n) is 7.75. The number of tetrazole rings is 2. The van der Waals surface area contributed by atoms with Crippen molar-refractivity contribution in [3.05, 3.63) is 12.7 Å². The van der Waals surface area contributed by atoms with Gasteiger partial charge in [0.15, 0.2) is 6.33 Å². The van der Waals surface area contributed by atoms with Gasteiger partial charge in [0.1, 0.15) is 12.9 Å². The number of aromatic nitrogens is 8. The maximum absolute atomic E-state index is 12.5. The molecule has 10 nitrogen and oxygen atoms in total. The van der Waals surface area contributed by atoms with Crippen molar-refractivity contribution in [2.75, 3.05) is 0 Å². The molecule has 6 rings (SSSR count). The van der Waals surface area contributed by atoms with E-state index in [2.05, 4.69) is 36.3 Å². The molecule has 0 aliphatic heterocycles. The van der Waals surface area contributed by atoms with Crippen LogP contribution in [0, 0.1) is 11.8 Å². The fourth-order valence-corrected chi connectivity index (χ4v) is 5.71. The molecule has 4 fully saturated rings. The fourth-order valence-electron chi connectivity index (χ4n) is 5.71. The Balaban J connectivity index is 1.40. The highest BCUT2D eigenvalue weighted by molar-refractivity contribution is 5.76. The topological polar surface area (TPSA) is 116 Å². The Labute approximate surface area is 138 Å². The smallest absolute Gasteiger partial charge is 0.242 e. The van der Waals surface area contributed by atoms with Crippen molar-refractivity contribution in [2.45, 2.75) is 56.1 Å². The Morgan fingerprint density at radius 3 is 2.67 bits per heavy atom. The lowest BCUT2D eigenvalue weighted by atomic mass is 9.50. The number of hydrogen-bond donors (Lipinski definition) is 1. The van der Waals surface area contributed by atoms with Crippen LogP contribution in [0.15, 0.2) is 12.7 Å². The summed E-state index contributed by atoms with van der Waals surface area (Å²) in [5, 5.41) is 26.6. The molecule has 2 aromatic rings. The van der Waals surface area contributed by atoms with Crippen LogP contribution in [0.1, 0.15) is 38.5 Å². The largest absolute Gasteiger partial charge is 0.349 e. The number of carbonyl (C=O) groups is 1. The van der Waals surface area contributed by atoms with E-state index in [0.29, 0.717) is 11.8 Å². The van der Waals surface area contributed by atoms with Crippen LogP contribution in [0.3, 0.4) is 0 Å². The van der Waals surface area contributed by atoms with Crippen LogP contribution >= 0.6 is 0 Å². The van der Waals surface area contributed by atoms with Crippen LogP contribution in [0.5, 0.6) is 0 Å². The third-order valence-corrected chi connectivity index (χ3v) is 5.91. The first-order valence-corrected chi connectivity index (χ1v) is 8.40. The van der Waals surface area contributed by atoms with Crippen molar-refractivity contribution in [3.8, 4) is 0 Å². The van der Waals surface area contributed by atoms with Gasteiger partial charge in [-0.05, 0) is 66.0 Å². The summed E-state index contributed by atoms with van der Waals surface area (Å²) in [6, 6.07) is 0. The molecular formula is C14H19N9O. The molecular weight excluding hydrogens is 310 g/mol. The first kappa shape index (κ1) is 14.0. The van der Waals surface area contributed by atoms with E-state index in [1.807, 2.05) is 0 Å². The summed E-state index contributed by atoms with van der Waals surface area (Å²) in [4.78, 5) is 14.3. The van der Waals surface area contributed by atoms with Gasteiger partial charge in [0.05, 0.1) is 5.54 Å². The Morgan fingerprint density at radius 1 is 1.17 bits per heavy atom. The van der Waals surface area contributed by atoms with E-state index >= 15 is 0 Å². The summed E-state index contributed by atoms with van der Waals surface area (Å²) < 4.78 is 1.45. The zero-order valence-corrected chi connectivity index (χ0v) is 13.2. The zero-order valence-electron chi connectivity index (χ0n) is 13.2. The highest BCUT2D eigenvalue weighted by Gasteiger charge is 2.60. The van der Waals surface area contributed by atoms with Crippen LogP contribution in [0.25, 0.3) is 0 Å². The van der Waals surface area contributed by atoms with Crippen LogP contribution in [0.2, 0.25) is 0 Å². The van der Waals surface area contributed by atoms with E-state index in [4.69, 9.17) is 0 Å². The van der Waals surface area contributed by atoms with E-state index in [-0.39, 0.29) is 23.5 Å². The summed E-state index contributed by atoms with van der Waals surface area (Å²) in [5.41, 5.74) is -0.258. The number of nitrogens with zero attached hydrogens (tertiary/aromatic N) is 8. The maximum atomic E-state index is 12.5.